The summed E-state index contributed by atoms with van der Waals surface area (Å²) >= 11 is 6.57. The van der Waals surface area contributed by atoms with E-state index >= 15 is 0 Å². The van der Waals surface area contributed by atoms with Gasteiger partial charge in [-0.05, 0) is 48.7 Å². The first-order valence-corrected chi connectivity index (χ1v) is 11.5. The number of carbonyl (C=O) groups is 2. The van der Waals surface area contributed by atoms with Crippen molar-refractivity contribution in [3.8, 4) is 28.4 Å². The molecule has 2 aromatic rings. The minimum Gasteiger partial charge on any atom is -0.497 e. The van der Waals surface area contributed by atoms with Crippen LogP contribution in [0.3, 0.4) is 0 Å². The SMILES string of the molecule is COc1ccc(OC)c(-c2cc(Cl)c3c(c2)C[C@@H](CNC(=O)C2CCN(C(C)=O)CC2)O3)c1. The summed E-state index contributed by atoms with van der Waals surface area (Å²) in [6.07, 6.45) is 1.85. The second-order valence-corrected chi connectivity index (χ2v) is 8.89. The molecule has 0 unspecified atom stereocenters. The quantitative estimate of drug-likeness (QED) is 0.693. The molecule has 176 valence electrons. The molecule has 1 N–H and O–H groups in total. The molecular formula is C25H29ClN2O5. The van der Waals surface area contributed by atoms with Crippen LogP contribution in [0.25, 0.3) is 11.1 Å². The van der Waals surface area contributed by atoms with E-state index in [0.29, 0.717) is 49.7 Å². The molecule has 8 heteroatoms. The van der Waals surface area contributed by atoms with E-state index in [4.69, 9.17) is 25.8 Å². The molecule has 0 saturated carbocycles. The number of rotatable bonds is 6. The zero-order valence-corrected chi connectivity index (χ0v) is 19.9. The molecule has 4 rings (SSSR count). The van der Waals surface area contributed by atoms with Gasteiger partial charge in [0.25, 0.3) is 0 Å². The Balaban J connectivity index is 1.41. The number of hydrogen-bond donors (Lipinski definition) is 1. The number of ether oxygens (including phenoxy) is 3. The lowest BCUT2D eigenvalue weighted by molar-refractivity contribution is -0.134. The number of methoxy groups -OCH3 is 2. The third-order valence-electron chi connectivity index (χ3n) is 6.39. The van der Waals surface area contributed by atoms with Gasteiger partial charge in [0.15, 0.2) is 0 Å². The first-order valence-electron chi connectivity index (χ1n) is 11.1. The Hall–Kier alpha value is -2.93. The number of nitrogens with one attached hydrogen (secondary N) is 1. The maximum atomic E-state index is 12.6. The average molecular weight is 473 g/mol. The fourth-order valence-electron chi connectivity index (χ4n) is 4.51. The maximum Gasteiger partial charge on any atom is 0.223 e. The van der Waals surface area contributed by atoms with Gasteiger partial charge in [-0.3, -0.25) is 9.59 Å². The molecule has 1 fully saturated rings. The van der Waals surface area contributed by atoms with Crippen LogP contribution in [-0.2, 0) is 16.0 Å². The maximum absolute atomic E-state index is 12.6. The van der Waals surface area contributed by atoms with E-state index in [9.17, 15) is 9.59 Å². The third kappa shape index (κ3) is 5.03. The lowest BCUT2D eigenvalue weighted by atomic mass is 9.95. The van der Waals surface area contributed by atoms with E-state index in [0.717, 1.165) is 28.2 Å². The van der Waals surface area contributed by atoms with Crippen LogP contribution >= 0.6 is 11.6 Å². The largest absolute Gasteiger partial charge is 0.497 e. The molecular weight excluding hydrogens is 444 g/mol. The number of amides is 2. The molecule has 0 spiro atoms. The summed E-state index contributed by atoms with van der Waals surface area (Å²) in [4.78, 5) is 25.9. The summed E-state index contributed by atoms with van der Waals surface area (Å²) in [5.74, 6) is 2.13. The van der Waals surface area contributed by atoms with Crippen LogP contribution in [0.1, 0.15) is 25.3 Å². The first-order chi connectivity index (χ1) is 15.9. The first kappa shape index (κ1) is 23.2. The second-order valence-electron chi connectivity index (χ2n) is 8.48. The van der Waals surface area contributed by atoms with Gasteiger partial charge in [0.2, 0.25) is 11.8 Å². The molecule has 2 aromatic carbocycles. The van der Waals surface area contributed by atoms with Crippen molar-refractivity contribution in [2.24, 2.45) is 5.92 Å². The topological polar surface area (TPSA) is 77.1 Å². The Bertz CT molecular complexity index is 1050. The molecule has 33 heavy (non-hydrogen) atoms. The average Bonchev–Trinajstić information content (AvgIpc) is 3.25. The van der Waals surface area contributed by atoms with E-state index in [1.807, 2.05) is 24.3 Å². The van der Waals surface area contributed by atoms with Gasteiger partial charge in [-0.2, -0.15) is 0 Å². The summed E-state index contributed by atoms with van der Waals surface area (Å²) in [6, 6.07) is 9.55. The number of nitrogens with zero attached hydrogens (tertiary/aromatic N) is 1. The molecule has 0 bridgehead atoms. The van der Waals surface area contributed by atoms with Gasteiger partial charge in [0.1, 0.15) is 23.4 Å². The monoisotopic (exact) mass is 472 g/mol. The summed E-state index contributed by atoms with van der Waals surface area (Å²) in [6.45, 7) is 3.24. The van der Waals surface area contributed by atoms with Crippen LogP contribution < -0.4 is 19.5 Å². The Morgan fingerprint density at radius 1 is 1.15 bits per heavy atom. The zero-order chi connectivity index (χ0) is 23.5. The molecule has 1 atom stereocenters. The van der Waals surface area contributed by atoms with Crippen LogP contribution in [0, 0.1) is 5.92 Å². The van der Waals surface area contributed by atoms with Crippen molar-refractivity contribution in [1.29, 1.82) is 0 Å². The smallest absolute Gasteiger partial charge is 0.223 e. The number of piperidine rings is 1. The van der Waals surface area contributed by atoms with Crippen LogP contribution in [0.4, 0.5) is 0 Å². The van der Waals surface area contributed by atoms with Gasteiger partial charge in [-0.1, -0.05) is 11.6 Å². The van der Waals surface area contributed by atoms with Crippen LogP contribution in [0.5, 0.6) is 17.2 Å². The molecule has 1 saturated heterocycles. The number of halogens is 1. The number of likely N-dealkylation sites (tertiary alicyclic amines) is 1. The van der Waals surface area contributed by atoms with E-state index < -0.39 is 0 Å². The molecule has 2 aliphatic rings. The molecule has 0 aliphatic carbocycles. The lowest BCUT2D eigenvalue weighted by Crippen LogP contribution is -2.44. The molecule has 2 aliphatic heterocycles. The normalized spacial score (nSPS) is 17.8. The van der Waals surface area contributed by atoms with Crippen LogP contribution in [-0.4, -0.2) is 56.7 Å². The Morgan fingerprint density at radius 3 is 2.58 bits per heavy atom. The highest BCUT2D eigenvalue weighted by atomic mass is 35.5. The highest BCUT2D eigenvalue weighted by Gasteiger charge is 2.29. The van der Waals surface area contributed by atoms with Crippen molar-refractivity contribution in [2.75, 3.05) is 33.9 Å². The fraction of sp³-hybridized carbons (Fsp3) is 0.440. The van der Waals surface area contributed by atoms with E-state index in [2.05, 4.69) is 11.4 Å². The molecule has 7 nitrogen and oxygen atoms in total. The summed E-state index contributed by atoms with van der Waals surface area (Å²) in [5.41, 5.74) is 2.80. The zero-order valence-electron chi connectivity index (χ0n) is 19.2. The van der Waals surface area contributed by atoms with Gasteiger partial charge in [0, 0.05) is 43.5 Å². The molecule has 2 heterocycles. The van der Waals surface area contributed by atoms with Gasteiger partial charge < -0.3 is 24.4 Å². The third-order valence-corrected chi connectivity index (χ3v) is 6.67. The highest BCUT2D eigenvalue weighted by Crippen LogP contribution is 2.42. The second kappa shape index (κ2) is 9.91. The van der Waals surface area contributed by atoms with E-state index in [1.54, 1.807) is 26.0 Å². The van der Waals surface area contributed by atoms with Crippen LogP contribution in [0.15, 0.2) is 30.3 Å². The van der Waals surface area contributed by atoms with Gasteiger partial charge in [-0.15, -0.1) is 0 Å². The van der Waals surface area contributed by atoms with Crippen LogP contribution in [0.2, 0.25) is 5.02 Å². The summed E-state index contributed by atoms with van der Waals surface area (Å²) < 4.78 is 16.9. The number of hydrogen-bond acceptors (Lipinski definition) is 5. The van der Waals surface area contributed by atoms with Crippen molar-refractivity contribution >= 4 is 23.4 Å². The number of benzene rings is 2. The minimum absolute atomic E-state index is 0.0191. The van der Waals surface area contributed by atoms with Gasteiger partial charge in [-0.25, -0.2) is 0 Å². The van der Waals surface area contributed by atoms with Gasteiger partial charge in [0.05, 0.1) is 25.8 Å². The Labute approximate surface area is 198 Å². The molecule has 0 radical (unpaired) electrons. The van der Waals surface area contributed by atoms with Crippen molar-refractivity contribution in [2.45, 2.75) is 32.3 Å². The summed E-state index contributed by atoms with van der Waals surface area (Å²) in [5, 5.41) is 3.55. The predicted molar refractivity (Wildman–Crippen MR) is 126 cm³/mol. The van der Waals surface area contributed by atoms with Crippen molar-refractivity contribution in [1.82, 2.24) is 10.2 Å². The standard InChI is InChI=1S/C25H29ClN2O5/c1-15(29)28-8-6-16(7-9-28)25(30)27-14-20-11-18-10-17(12-22(26)24(18)33-20)21-13-19(31-2)4-5-23(21)32-3/h4-5,10,12-13,16,20H,6-9,11,14H2,1-3H3,(H,27,30)/t20-/m0/s1. The Morgan fingerprint density at radius 2 is 1.91 bits per heavy atom. The predicted octanol–water partition coefficient (Wildman–Crippen LogP) is 3.70. The fourth-order valence-corrected chi connectivity index (χ4v) is 4.80. The van der Waals surface area contributed by atoms with Crippen molar-refractivity contribution < 1.29 is 23.8 Å². The van der Waals surface area contributed by atoms with Crippen molar-refractivity contribution in [3.05, 3.63) is 40.9 Å². The highest BCUT2D eigenvalue weighted by molar-refractivity contribution is 6.32. The molecule has 0 aromatic heterocycles. The van der Waals surface area contributed by atoms with E-state index in [-0.39, 0.29) is 23.8 Å². The Kier molecular flexibility index (Phi) is 6.98. The number of fused-ring (bicyclic) bond motifs is 1. The van der Waals surface area contributed by atoms with Gasteiger partial charge >= 0.3 is 0 Å². The van der Waals surface area contributed by atoms with E-state index in [1.165, 1.54) is 0 Å². The minimum atomic E-state index is -0.179. The summed E-state index contributed by atoms with van der Waals surface area (Å²) in [7, 11) is 3.26. The number of carbonyl (C=O) groups excluding carboxylic acids is 2. The lowest BCUT2D eigenvalue weighted by Gasteiger charge is -2.30. The van der Waals surface area contributed by atoms with Crippen molar-refractivity contribution in [3.63, 3.8) is 0 Å². The molecule has 2 amide bonds.